The van der Waals surface area contributed by atoms with E-state index in [0.29, 0.717) is 28.8 Å². The van der Waals surface area contributed by atoms with Gasteiger partial charge >= 0.3 is 0 Å². The van der Waals surface area contributed by atoms with E-state index in [0.717, 1.165) is 5.56 Å². The van der Waals surface area contributed by atoms with Crippen molar-refractivity contribution in [3.05, 3.63) is 48.8 Å². The predicted molar refractivity (Wildman–Crippen MR) is 118 cm³/mol. The summed E-state index contributed by atoms with van der Waals surface area (Å²) < 4.78 is 1.85. The molecule has 0 bridgehead atoms. The Morgan fingerprint density at radius 2 is 1.70 bits per heavy atom. The molecule has 0 spiro atoms. The van der Waals surface area contributed by atoms with Gasteiger partial charge in [-0.25, -0.2) is 0 Å². The Hall–Kier alpha value is -3.20. The lowest BCUT2D eigenvalue weighted by Crippen LogP contribution is -2.16. The van der Waals surface area contributed by atoms with Gasteiger partial charge in [0.05, 0.1) is 5.75 Å². The molecule has 0 atom stereocenters. The van der Waals surface area contributed by atoms with E-state index in [2.05, 4.69) is 25.8 Å². The number of rotatable bonds is 8. The number of hydrogen-bond donors (Lipinski definition) is 2. The lowest BCUT2D eigenvalue weighted by molar-refractivity contribution is -0.117. The van der Waals surface area contributed by atoms with E-state index in [1.165, 1.54) is 11.8 Å². The van der Waals surface area contributed by atoms with Gasteiger partial charge in [-0.3, -0.25) is 14.6 Å². The fraction of sp³-hybridized carbons (Fsp3) is 0.286. The molecule has 0 aliphatic heterocycles. The van der Waals surface area contributed by atoms with Crippen molar-refractivity contribution in [3.63, 3.8) is 0 Å². The molecule has 0 saturated carbocycles. The minimum absolute atomic E-state index is 0.0451. The lowest BCUT2D eigenvalue weighted by atomic mass is 10.1. The van der Waals surface area contributed by atoms with Crippen LogP contribution in [0.15, 0.2) is 53.9 Å². The van der Waals surface area contributed by atoms with E-state index in [9.17, 15) is 9.59 Å². The van der Waals surface area contributed by atoms with Crippen LogP contribution in [0.1, 0.15) is 20.3 Å². The summed E-state index contributed by atoms with van der Waals surface area (Å²) in [4.78, 5) is 28.3. The van der Waals surface area contributed by atoms with Crippen LogP contribution >= 0.6 is 11.8 Å². The number of anilines is 2. The molecular weight excluding hydrogens is 400 g/mol. The first-order chi connectivity index (χ1) is 14.4. The second-order valence-corrected chi connectivity index (χ2v) is 8.11. The molecule has 156 valence electrons. The number of aromatic nitrogens is 4. The summed E-state index contributed by atoms with van der Waals surface area (Å²) in [6.07, 6.45) is 3.85. The summed E-state index contributed by atoms with van der Waals surface area (Å²) in [5.41, 5.74) is 2.19. The quantitative estimate of drug-likeness (QED) is 0.536. The van der Waals surface area contributed by atoms with E-state index in [1.807, 2.05) is 37.6 Å². The Kier molecular flexibility index (Phi) is 7.18. The lowest BCUT2D eigenvalue weighted by Gasteiger charge is -2.10. The average Bonchev–Trinajstić information content (AvgIpc) is 3.07. The average molecular weight is 425 g/mol. The molecule has 0 aliphatic rings. The number of carbonyl (C=O) groups excluding carboxylic acids is 2. The first kappa shape index (κ1) is 21.5. The van der Waals surface area contributed by atoms with Gasteiger partial charge in [0.2, 0.25) is 11.8 Å². The van der Waals surface area contributed by atoms with Crippen molar-refractivity contribution in [1.82, 2.24) is 19.7 Å². The molecule has 0 aliphatic carbocycles. The maximum absolute atomic E-state index is 12.4. The van der Waals surface area contributed by atoms with Crippen LogP contribution < -0.4 is 10.6 Å². The molecule has 3 rings (SSSR count). The van der Waals surface area contributed by atoms with Crippen LogP contribution in [0.5, 0.6) is 0 Å². The summed E-state index contributed by atoms with van der Waals surface area (Å²) in [5, 5.41) is 14.7. The van der Waals surface area contributed by atoms with Crippen LogP contribution in [0.3, 0.4) is 0 Å². The third-order valence-corrected chi connectivity index (χ3v) is 5.15. The number of hydrogen-bond acceptors (Lipinski definition) is 6. The molecule has 8 nitrogen and oxygen atoms in total. The van der Waals surface area contributed by atoms with Gasteiger partial charge in [-0.15, -0.1) is 10.2 Å². The second kappa shape index (κ2) is 10.0. The van der Waals surface area contributed by atoms with Gasteiger partial charge < -0.3 is 15.2 Å². The van der Waals surface area contributed by atoms with Crippen LogP contribution in [0.25, 0.3) is 11.4 Å². The van der Waals surface area contributed by atoms with Gasteiger partial charge in [0.15, 0.2) is 11.0 Å². The van der Waals surface area contributed by atoms with Gasteiger partial charge in [0, 0.05) is 42.8 Å². The predicted octanol–water partition coefficient (Wildman–Crippen LogP) is 3.59. The summed E-state index contributed by atoms with van der Waals surface area (Å²) in [7, 11) is 1.86. The summed E-state index contributed by atoms with van der Waals surface area (Å²) in [6.45, 7) is 3.98. The summed E-state index contributed by atoms with van der Waals surface area (Å²) >= 11 is 1.30. The number of pyridine rings is 1. The molecule has 2 N–H and O–H groups in total. The van der Waals surface area contributed by atoms with Gasteiger partial charge in [0.1, 0.15) is 0 Å². The SMILES string of the molecule is CC(C)CC(=O)Nc1cccc(NC(=O)CSc2nnc(-c3ccncc3)n2C)c1. The Morgan fingerprint density at radius 1 is 1.03 bits per heavy atom. The summed E-state index contributed by atoms with van der Waals surface area (Å²) in [5.74, 6) is 0.969. The molecule has 9 heteroatoms. The maximum Gasteiger partial charge on any atom is 0.234 e. The molecule has 30 heavy (non-hydrogen) atoms. The molecule has 0 fully saturated rings. The van der Waals surface area contributed by atoms with Crippen LogP contribution in [-0.2, 0) is 16.6 Å². The van der Waals surface area contributed by atoms with Crippen LogP contribution in [0.4, 0.5) is 11.4 Å². The van der Waals surface area contributed by atoms with Crippen molar-refractivity contribution in [2.75, 3.05) is 16.4 Å². The van der Waals surface area contributed by atoms with Gasteiger partial charge in [0.25, 0.3) is 0 Å². The monoisotopic (exact) mass is 424 g/mol. The van der Waals surface area contributed by atoms with Crippen molar-refractivity contribution < 1.29 is 9.59 Å². The van der Waals surface area contributed by atoms with E-state index >= 15 is 0 Å². The van der Waals surface area contributed by atoms with Crippen LogP contribution in [-0.4, -0.2) is 37.3 Å². The standard InChI is InChI=1S/C21H24N6O2S/c1-14(2)11-18(28)23-16-5-4-6-17(12-16)24-19(29)13-30-21-26-25-20(27(21)3)15-7-9-22-10-8-15/h4-10,12,14H,11,13H2,1-3H3,(H,23,28)(H,24,29). The van der Waals surface area contributed by atoms with Crippen molar-refractivity contribution in [2.24, 2.45) is 13.0 Å². The molecule has 2 aromatic heterocycles. The third kappa shape index (κ3) is 5.90. The number of nitrogens with zero attached hydrogens (tertiary/aromatic N) is 4. The molecule has 2 amide bonds. The van der Waals surface area contributed by atoms with Gasteiger partial charge in [-0.1, -0.05) is 31.7 Å². The van der Waals surface area contributed by atoms with Gasteiger partial charge in [-0.2, -0.15) is 0 Å². The smallest absolute Gasteiger partial charge is 0.234 e. The highest BCUT2D eigenvalue weighted by Gasteiger charge is 2.13. The number of benzene rings is 1. The zero-order valence-corrected chi connectivity index (χ0v) is 17.9. The fourth-order valence-electron chi connectivity index (χ4n) is 2.78. The molecule has 3 aromatic rings. The van der Waals surface area contributed by atoms with E-state index in [1.54, 1.807) is 36.7 Å². The topological polar surface area (TPSA) is 102 Å². The fourth-order valence-corrected chi connectivity index (χ4v) is 3.49. The minimum atomic E-state index is -0.167. The number of thioether (sulfide) groups is 1. The first-order valence-corrected chi connectivity index (χ1v) is 10.5. The molecule has 0 saturated heterocycles. The normalized spacial score (nSPS) is 10.8. The summed E-state index contributed by atoms with van der Waals surface area (Å²) in [6, 6.07) is 10.8. The minimum Gasteiger partial charge on any atom is -0.326 e. The van der Waals surface area contributed by atoms with E-state index in [4.69, 9.17) is 0 Å². The zero-order valence-electron chi connectivity index (χ0n) is 17.1. The maximum atomic E-state index is 12.4. The number of carbonyl (C=O) groups is 2. The van der Waals surface area contributed by atoms with Crippen LogP contribution in [0, 0.1) is 5.92 Å². The molecular formula is C21H24N6O2S. The highest BCUT2D eigenvalue weighted by Crippen LogP contribution is 2.22. The Balaban J connectivity index is 1.56. The molecule has 2 heterocycles. The second-order valence-electron chi connectivity index (χ2n) is 7.16. The third-order valence-electron chi connectivity index (χ3n) is 4.13. The Bertz CT molecular complexity index is 1020. The highest BCUT2D eigenvalue weighted by molar-refractivity contribution is 7.99. The highest BCUT2D eigenvalue weighted by atomic mass is 32.2. The van der Waals surface area contributed by atoms with E-state index < -0.39 is 0 Å². The van der Waals surface area contributed by atoms with E-state index in [-0.39, 0.29) is 23.5 Å². The van der Waals surface area contributed by atoms with Crippen molar-refractivity contribution in [2.45, 2.75) is 25.4 Å². The van der Waals surface area contributed by atoms with Crippen molar-refractivity contribution in [3.8, 4) is 11.4 Å². The molecule has 0 radical (unpaired) electrons. The largest absolute Gasteiger partial charge is 0.326 e. The number of amides is 2. The van der Waals surface area contributed by atoms with Crippen molar-refractivity contribution in [1.29, 1.82) is 0 Å². The Labute approximate surface area is 179 Å². The van der Waals surface area contributed by atoms with Crippen LogP contribution in [0.2, 0.25) is 0 Å². The molecule has 1 aromatic carbocycles. The molecule has 0 unspecified atom stereocenters. The number of nitrogens with one attached hydrogen (secondary N) is 2. The van der Waals surface area contributed by atoms with Crippen molar-refractivity contribution >= 4 is 35.0 Å². The zero-order chi connectivity index (χ0) is 21.5. The van der Waals surface area contributed by atoms with Gasteiger partial charge in [-0.05, 0) is 36.2 Å². The Morgan fingerprint density at radius 3 is 2.37 bits per heavy atom. The first-order valence-electron chi connectivity index (χ1n) is 9.54.